The Balaban J connectivity index is 1.72. The highest BCUT2D eigenvalue weighted by Crippen LogP contribution is 2.28. The Kier molecular flexibility index (Phi) is 5.44. The van der Waals surface area contributed by atoms with E-state index in [1.807, 2.05) is 60.7 Å². The Morgan fingerprint density at radius 2 is 1.75 bits per heavy atom. The van der Waals surface area contributed by atoms with Gasteiger partial charge in [-0.2, -0.15) is 0 Å². The summed E-state index contributed by atoms with van der Waals surface area (Å²) in [6.45, 7) is 0.493. The topological polar surface area (TPSA) is 18.5 Å². The van der Waals surface area contributed by atoms with Crippen LogP contribution in [0.4, 0.5) is 4.39 Å². The van der Waals surface area contributed by atoms with Gasteiger partial charge in [-0.3, -0.25) is 0 Å². The minimum absolute atomic E-state index is 0.234. The smallest absolute Gasteiger partial charge is 0.123 e. The molecule has 0 aliphatic heterocycles. The van der Waals surface area contributed by atoms with Crippen LogP contribution < -0.4 is 4.74 Å². The molecule has 0 amide bonds. The van der Waals surface area contributed by atoms with E-state index in [9.17, 15) is 4.39 Å². The van der Waals surface area contributed by atoms with Crippen molar-refractivity contribution in [2.24, 2.45) is 0 Å². The van der Waals surface area contributed by atoms with Gasteiger partial charge in [-0.1, -0.05) is 60.7 Å². The van der Waals surface area contributed by atoms with Crippen molar-refractivity contribution in [1.29, 1.82) is 0 Å². The van der Waals surface area contributed by atoms with Crippen LogP contribution in [0.25, 0.3) is 0 Å². The summed E-state index contributed by atoms with van der Waals surface area (Å²) in [7, 11) is 1.57. The summed E-state index contributed by atoms with van der Waals surface area (Å²) in [6, 6.07) is 17.8. The third-order valence-corrected chi connectivity index (χ3v) is 3.97. The predicted molar refractivity (Wildman–Crippen MR) is 93.3 cm³/mol. The molecule has 0 fully saturated rings. The Bertz CT molecular complexity index is 735. The Hall–Kier alpha value is -2.39. The van der Waals surface area contributed by atoms with Crippen LogP contribution in [-0.4, -0.2) is 13.2 Å². The van der Waals surface area contributed by atoms with E-state index < -0.39 is 0 Å². The lowest BCUT2D eigenvalue weighted by Crippen LogP contribution is -2.13. The lowest BCUT2D eigenvalue weighted by molar-refractivity contribution is 0.163. The average Bonchev–Trinajstić information content (AvgIpc) is 2.63. The van der Waals surface area contributed by atoms with Gasteiger partial charge >= 0.3 is 0 Å². The summed E-state index contributed by atoms with van der Waals surface area (Å²) >= 11 is 0. The molecule has 0 saturated carbocycles. The quantitative estimate of drug-likeness (QED) is 0.759. The van der Waals surface area contributed by atoms with E-state index in [0.717, 1.165) is 16.9 Å². The SMILES string of the molecule is COC1[CH]C(F)=C(Cc2ccccc2OCc2ccccc2)C=C1. The maximum atomic E-state index is 14.2. The van der Waals surface area contributed by atoms with Crippen molar-refractivity contribution in [2.45, 2.75) is 19.1 Å². The van der Waals surface area contributed by atoms with E-state index in [1.165, 1.54) is 6.42 Å². The monoisotopic (exact) mass is 323 g/mol. The van der Waals surface area contributed by atoms with Crippen LogP contribution in [0.1, 0.15) is 11.1 Å². The lowest BCUT2D eigenvalue weighted by atomic mass is 9.97. The molecule has 1 aliphatic rings. The van der Waals surface area contributed by atoms with Crippen molar-refractivity contribution in [3.63, 3.8) is 0 Å². The Labute approximate surface area is 142 Å². The van der Waals surface area contributed by atoms with Gasteiger partial charge in [0.25, 0.3) is 0 Å². The van der Waals surface area contributed by atoms with Crippen molar-refractivity contribution in [2.75, 3.05) is 7.11 Å². The van der Waals surface area contributed by atoms with Gasteiger partial charge in [-0.05, 0) is 22.8 Å². The zero-order valence-corrected chi connectivity index (χ0v) is 13.6. The minimum atomic E-state index is -0.293. The maximum Gasteiger partial charge on any atom is 0.123 e. The molecule has 2 aromatic carbocycles. The van der Waals surface area contributed by atoms with E-state index >= 15 is 0 Å². The van der Waals surface area contributed by atoms with E-state index in [2.05, 4.69) is 0 Å². The molecule has 2 aromatic rings. The minimum Gasteiger partial charge on any atom is -0.489 e. The van der Waals surface area contributed by atoms with E-state index in [1.54, 1.807) is 13.2 Å². The number of methoxy groups -OCH3 is 1. The summed E-state index contributed by atoms with van der Waals surface area (Å²) in [5.74, 6) is 0.547. The number of benzene rings is 2. The molecule has 3 heteroatoms. The van der Waals surface area contributed by atoms with Gasteiger partial charge in [-0.25, -0.2) is 4.39 Å². The molecule has 0 spiro atoms. The van der Waals surface area contributed by atoms with Gasteiger partial charge in [0.05, 0.1) is 12.5 Å². The predicted octanol–water partition coefficient (Wildman–Crippen LogP) is 4.82. The molecule has 1 aliphatic carbocycles. The molecular formula is C21H20FO2. The number of hydrogen-bond donors (Lipinski definition) is 0. The molecule has 3 rings (SSSR count). The maximum absolute atomic E-state index is 14.2. The fourth-order valence-electron chi connectivity index (χ4n) is 2.62. The second-order valence-corrected chi connectivity index (χ2v) is 5.66. The molecule has 1 unspecified atom stereocenters. The van der Waals surface area contributed by atoms with Crippen molar-refractivity contribution >= 4 is 0 Å². The van der Waals surface area contributed by atoms with Gasteiger partial charge in [0, 0.05) is 13.5 Å². The van der Waals surface area contributed by atoms with Crippen LogP contribution in [0, 0.1) is 6.42 Å². The molecule has 123 valence electrons. The molecule has 0 heterocycles. The molecule has 1 atom stereocenters. The third kappa shape index (κ3) is 4.12. The van der Waals surface area contributed by atoms with Crippen LogP contribution in [0.2, 0.25) is 0 Å². The van der Waals surface area contributed by atoms with Crippen LogP contribution in [-0.2, 0) is 17.8 Å². The first-order valence-electron chi connectivity index (χ1n) is 7.95. The van der Waals surface area contributed by atoms with Gasteiger partial charge in [0.15, 0.2) is 0 Å². The van der Waals surface area contributed by atoms with Crippen molar-refractivity contribution < 1.29 is 13.9 Å². The molecule has 2 nitrogen and oxygen atoms in total. The molecule has 0 saturated heterocycles. The molecule has 0 N–H and O–H groups in total. The first-order chi connectivity index (χ1) is 11.8. The highest BCUT2D eigenvalue weighted by Gasteiger charge is 2.17. The largest absolute Gasteiger partial charge is 0.489 e. The number of ether oxygens (including phenoxy) is 2. The van der Waals surface area contributed by atoms with Crippen LogP contribution >= 0.6 is 0 Å². The third-order valence-electron chi connectivity index (χ3n) is 3.97. The zero-order chi connectivity index (χ0) is 16.8. The van der Waals surface area contributed by atoms with E-state index in [4.69, 9.17) is 9.47 Å². The number of halogens is 1. The summed E-state index contributed by atoms with van der Waals surface area (Å²) in [5, 5.41) is 0. The normalized spacial score (nSPS) is 17.2. The highest BCUT2D eigenvalue weighted by atomic mass is 19.1. The fraction of sp³-hybridized carbons (Fsp3) is 0.190. The van der Waals surface area contributed by atoms with Gasteiger partial charge in [0.1, 0.15) is 18.2 Å². The number of rotatable bonds is 6. The summed E-state index contributed by atoms with van der Waals surface area (Å²) < 4.78 is 25.3. The molecule has 0 bridgehead atoms. The average molecular weight is 323 g/mol. The van der Waals surface area contributed by atoms with Crippen LogP contribution in [0.15, 0.2) is 78.1 Å². The second kappa shape index (κ2) is 7.93. The number of hydrogen-bond acceptors (Lipinski definition) is 2. The second-order valence-electron chi connectivity index (χ2n) is 5.66. The standard InChI is InChI=1S/C21H20FO2/c1-23-19-12-11-17(20(22)14-19)13-18-9-5-6-10-21(18)24-15-16-7-3-2-4-8-16/h2-12,14,19H,13,15H2,1H3. The van der Waals surface area contributed by atoms with E-state index in [-0.39, 0.29) is 11.9 Å². The summed E-state index contributed by atoms with van der Waals surface area (Å²) in [6.07, 6.45) is 5.32. The van der Waals surface area contributed by atoms with Gasteiger partial charge < -0.3 is 9.47 Å². The first kappa shape index (κ1) is 16.5. The Morgan fingerprint density at radius 3 is 2.50 bits per heavy atom. The molecular weight excluding hydrogens is 303 g/mol. The van der Waals surface area contributed by atoms with E-state index in [0.29, 0.717) is 18.6 Å². The fourth-order valence-corrected chi connectivity index (χ4v) is 2.62. The van der Waals surface area contributed by atoms with Crippen molar-refractivity contribution in [3.8, 4) is 5.75 Å². The summed E-state index contributed by atoms with van der Waals surface area (Å²) in [5.41, 5.74) is 2.71. The van der Waals surface area contributed by atoms with Gasteiger partial charge in [-0.15, -0.1) is 0 Å². The number of allylic oxidation sites excluding steroid dienone is 2. The van der Waals surface area contributed by atoms with Crippen molar-refractivity contribution in [3.05, 3.63) is 95.7 Å². The first-order valence-corrected chi connectivity index (χ1v) is 7.95. The molecule has 1 radical (unpaired) electrons. The zero-order valence-electron chi connectivity index (χ0n) is 13.6. The van der Waals surface area contributed by atoms with Crippen LogP contribution in [0.3, 0.4) is 0 Å². The Morgan fingerprint density at radius 1 is 1.00 bits per heavy atom. The van der Waals surface area contributed by atoms with Gasteiger partial charge in [0.2, 0.25) is 0 Å². The number of para-hydroxylation sites is 1. The molecule has 24 heavy (non-hydrogen) atoms. The lowest BCUT2D eigenvalue weighted by Gasteiger charge is -2.18. The van der Waals surface area contributed by atoms with Crippen molar-refractivity contribution in [1.82, 2.24) is 0 Å². The highest BCUT2D eigenvalue weighted by molar-refractivity contribution is 5.43. The van der Waals surface area contributed by atoms with Crippen LogP contribution in [0.5, 0.6) is 5.75 Å². The molecule has 0 aromatic heterocycles. The summed E-state index contributed by atoms with van der Waals surface area (Å²) in [4.78, 5) is 0.